The first-order valence-corrected chi connectivity index (χ1v) is 13.6. The van der Waals surface area contributed by atoms with E-state index in [4.69, 9.17) is 14.2 Å². The third-order valence-corrected chi connectivity index (χ3v) is 8.26. The molecular weight excluding hydrogens is 460 g/mol. The number of aliphatic hydroxyl groups is 4. The summed E-state index contributed by atoms with van der Waals surface area (Å²) in [5.41, 5.74) is 6.16. The lowest BCUT2D eigenvalue weighted by Crippen LogP contribution is -2.55. The molecule has 4 N–H and O–H groups in total. The number of hydrogen-bond acceptors (Lipinski definition) is 7. The predicted octanol–water partition coefficient (Wildman–Crippen LogP) is 4.03. The van der Waals surface area contributed by atoms with Crippen LogP contribution in [0.3, 0.4) is 0 Å². The van der Waals surface area contributed by atoms with Gasteiger partial charge in [0, 0.05) is 18.1 Å². The average Bonchev–Trinajstić information content (AvgIpc) is 2.82. The Hall–Kier alpha value is -1.64. The van der Waals surface area contributed by atoms with Crippen LogP contribution in [0, 0.1) is 12.8 Å². The van der Waals surface area contributed by atoms with E-state index in [-0.39, 0.29) is 19.1 Å². The molecule has 1 aliphatic heterocycles. The van der Waals surface area contributed by atoms with Crippen LogP contribution in [-0.2, 0) is 4.74 Å². The second kappa shape index (κ2) is 11.4. The van der Waals surface area contributed by atoms with Crippen molar-refractivity contribution in [1.82, 2.24) is 0 Å². The van der Waals surface area contributed by atoms with Crippen molar-refractivity contribution in [1.29, 1.82) is 0 Å². The molecule has 36 heavy (non-hydrogen) atoms. The van der Waals surface area contributed by atoms with Crippen LogP contribution in [0.25, 0.3) is 0 Å². The van der Waals surface area contributed by atoms with Crippen LogP contribution >= 0.6 is 0 Å². The van der Waals surface area contributed by atoms with E-state index in [1.54, 1.807) is 0 Å². The molecule has 7 nitrogen and oxygen atoms in total. The Morgan fingerprint density at radius 1 is 1.00 bits per heavy atom. The summed E-state index contributed by atoms with van der Waals surface area (Å²) in [7, 11) is 0. The highest BCUT2D eigenvalue weighted by Gasteiger charge is 2.44. The Labute approximate surface area is 215 Å². The Balaban J connectivity index is 1.87. The largest absolute Gasteiger partial charge is 0.489 e. The minimum Gasteiger partial charge on any atom is -0.489 e. The molecule has 0 saturated carbocycles. The lowest BCUT2D eigenvalue weighted by atomic mass is 9.62. The van der Waals surface area contributed by atoms with Gasteiger partial charge in [-0.1, -0.05) is 25.5 Å². The zero-order chi connectivity index (χ0) is 26.1. The summed E-state index contributed by atoms with van der Waals surface area (Å²) in [6, 6.07) is 0. The molecule has 0 bridgehead atoms. The summed E-state index contributed by atoms with van der Waals surface area (Å²) in [5.74, 6) is 2.74. The molecule has 1 aromatic rings. The topological polar surface area (TPSA) is 109 Å². The fourth-order valence-electron chi connectivity index (χ4n) is 6.45. The van der Waals surface area contributed by atoms with E-state index in [0.717, 1.165) is 30.4 Å². The molecule has 0 spiro atoms. The van der Waals surface area contributed by atoms with Crippen molar-refractivity contribution < 1.29 is 34.6 Å². The minimum atomic E-state index is -1.38. The van der Waals surface area contributed by atoms with Gasteiger partial charge in [0.05, 0.1) is 13.2 Å². The Kier molecular flexibility index (Phi) is 8.67. The molecule has 7 unspecified atom stereocenters. The minimum absolute atomic E-state index is 0.114. The molecule has 0 radical (unpaired) electrons. The van der Waals surface area contributed by atoms with Gasteiger partial charge in [0.1, 0.15) is 18.3 Å². The van der Waals surface area contributed by atoms with Crippen molar-refractivity contribution in [3.05, 3.63) is 33.9 Å². The smallest absolute Gasteiger partial charge is 0.229 e. The summed E-state index contributed by atoms with van der Waals surface area (Å²) < 4.78 is 18.5. The van der Waals surface area contributed by atoms with E-state index in [1.165, 1.54) is 16.7 Å². The third kappa shape index (κ3) is 5.18. The monoisotopic (exact) mass is 504 g/mol. The van der Waals surface area contributed by atoms with E-state index in [1.807, 2.05) is 0 Å². The fraction of sp³-hybridized carbons (Fsp3) is 0.724. The number of unbranched alkanes of at least 4 members (excludes halogenated alkanes) is 1. The maximum Gasteiger partial charge on any atom is 0.229 e. The van der Waals surface area contributed by atoms with Gasteiger partial charge in [0.25, 0.3) is 0 Å². The second-order valence-electron chi connectivity index (χ2n) is 11.3. The molecule has 2 aliphatic carbocycles. The molecular formula is C29H44O7. The Morgan fingerprint density at radius 3 is 2.44 bits per heavy atom. The second-order valence-corrected chi connectivity index (χ2v) is 11.3. The van der Waals surface area contributed by atoms with Crippen LogP contribution in [0.4, 0.5) is 0 Å². The summed E-state index contributed by atoms with van der Waals surface area (Å²) in [6.07, 6.45) is 1.99. The number of allylic oxidation sites excluding steroid dienone is 2. The van der Waals surface area contributed by atoms with Gasteiger partial charge in [-0.3, -0.25) is 0 Å². The zero-order valence-corrected chi connectivity index (χ0v) is 22.4. The molecule has 4 rings (SSSR count). The summed E-state index contributed by atoms with van der Waals surface area (Å²) in [5, 5.41) is 40.1. The molecule has 0 aromatic heterocycles. The Bertz CT molecular complexity index is 954. The number of aliphatic hydroxyl groups excluding tert-OH is 4. The normalized spacial score (nSPS) is 33.6. The summed E-state index contributed by atoms with van der Waals surface area (Å²) in [4.78, 5) is 0. The first-order chi connectivity index (χ1) is 17.1. The van der Waals surface area contributed by atoms with E-state index >= 15 is 0 Å². The first-order valence-electron chi connectivity index (χ1n) is 13.6. The van der Waals surface area contributed by atoms with Gasteiger partial charge >= 0.3 is 0 Å². The average molecular weight is 505 g/mol. The molecule has 7 heteroatoms. The van der Waals surface area contributed by atoms with Crippen LogP contribution in [-0.4, -0.2) is 64.8 Å². The van der Waals surface area contributed by atoms with Gasteiger partial charge in [-0.2, -0.15) is 0 Å². The van der Waals surface area contributed by atoms with E-state index in [9.17, 15) is 20.4 Å². The molecule has 1 saturated heterocycles. The van der Waals surface area contributed by atoms with Crippen LogP contribution < -0.4 is 9.47 Å². The molecule has 1 heterocycles. The Morgan fingerprint density at radius 2 is 1.75 bits per heavy atom. The number of ether oxygens (including phenoxy) is 3. The van der Waals surface area contributed by atoms with Crippen LogP contribution in [0.15, 0.2) is 11.6 Å². The first kappa shape index (κ1) is 27.4. The van der Waals surface area contributed by atoms with Crippen LogP contribution in [0.1, 0.15) is 99.8 Å². The number of benzene rings is 1. The highest BCUT2D eigenvalue weighted by molar-refractivity contribution is 5.65. The van der Waals surface area contributed by atoms with Crippen molar-refractivity contribution in [2.24, 2.45) is 5.92 Å². The highest BCUT2D eigenvalue weighted by Crippen LogP contribution is 2.58. The quantitative estimate of drug-likeness (QED) is 0.313. The molecule has 3 aliphatic rings. The molecule has 0 amide bonds. The zero-order valence-electron chi connectivity index (χ0n) is 22.4. The summed E-state index contributed by atoms with van der Waals surface area (Å²) in [6.45, 7) is 11.4. The lowest BCUT2D eigenvalue weighted by Gasteiger charge is -2.44. The standard InChI is InChI=1S/C29H44O7/c1-15(2)12-19-13-17(4)20-9-8-16(3)22-24(20)23(19)18(5)27(34-11-7-6-10-30)28(22)36-29-26(33)25(32)21(31)14-35-29/h12,16-17,19-21,25-26,29-33H,6-11,13-14H2,1-5H3/t16?,17?,19-,20?,21?,25?,26?,29?/m0/s1. The predicted molar refractivity (Wildman–Crippen MR) is 138 cm³/mol. The highest BCUT2D eigenvalue weighted by atomic mass is 16.7. The SMILES string of the molecule is CC(C)=C[C@H]1CC(C)C2CCC(C)c3c(OC4OCC(O)C(O)C4O)c(OCCCCO)c(C)c1c32. The molecule has 202 valence electrons. The van der Waals surface area contributed by atoms with E-state index in [2.05, 4.69) is 40.7 Å². The van der Waals surface area contributed by atoms with Crippen molar-refractivity contribution in [3.63, 3.8) is 0 Å². The van der Waals surface area contributed by atoms with Crippen LogP contribution in [0.2, 0.25) is 0 Å². The number of hydrogen-bond donors (Lipinski definition) is 4. The van der Waals surface area contributed by atoms with Gasteiger partial charge in [-0.05, 0) is 87.3 Å². The van der Waals surface area contributed by atoms with Crippen molar-refractivity contribution in [2.45, 2.75) is 109 Å². The van der Waals surface area contributed by atoms with Gasteiger partial charge < -0.3 is 34.6 Å². The van der Waals surface area contributed by atoms with Gasteiger partial charge in [-0.15, -0.1) is 0 Å². The summed E-state index contributed by atoms with van der Waals surface area (Å²) >= 11 is 0. The number of rotatable bonds is 8. The maximum atomic E-state index is 10.7. The lowest BCUT2D eigenvalue weighted by molar-refractivity contribution is -0.242. The van der Waals surface area contributed by atoms with Crippen LogP contribution in [0.5, 0.6) is 11.5 Å². The third-order valence-electron chi connectivity index (χ3n) is 8.26. The van der Waals surface area contributed by atoms with E-state index < -0.39 is 24.6 Å². The fourth-order valence-corrected chi connectivity index (χ4v) is 6.45. The molecule has 1 aromatic carbocycles. The van der Waals surface area contributed by atoms with Gasteiger partial charge in [0.2, 0.25) is 6.29 Å². The van der Waals surface area contributed by atoms with Crippen molar-refractivity contribution in [2.75, 3.05) is 19.8 Å². The van der Waals surface area contributed by atoms with Gasteiger partial charge in [-0.25, -0.2) is 0 Å². The van der Waals surface area contributed by atoms with E-state index in [0.29, 0.717) is 48.7 Å². The molecule has 8 atom stereocenters. The van der Waals surface area contributed by atoms with Gasteiger partial charge in [0.15, 0.2) is 11.5 Å². The molecule has 1 fully saturated rings. The van der Waals surface area contributed by atoms with Crippen molar-refractivity contribution in [3.8, 4) is 11.5 Å². The van der Waals surface area contributed by atoms with Crippen molar-refractivity contribution >= 4 is 0 Å². The maximum absolute atomic E-state index is 10.7.